The van der Waals surface area contributed by atoms with Crippen molar-refractivity contribution < 1.29 is 43.3 Å². The summed E-state index contributed by atoms with van der Waals surface area (Å²) >= 11 is 0. The molecule has 1 atom stereocenters. The number of phenols is 1. The molecule has 3 aromatic heterocycles. The van der Waals surface area contributed by atoms with Gasteiger partial charge in [0.2, 0.25) is 5.91 Å². The van der Waals surface area contributed by atoms with E-state index < -0.39 is 28.5 Å². The molecule has 8 rings (SSSR count). The average Bonchev–Trinajstić information content (AvgIpc) is 4.01. The van der Waals surface area contributed by atoms with Gasteiger partial charge < -0.3 is 29.2 Å². The molecule has 1 saturated carbocycles. The van der Waals surface area contributed by atoms with Crippen molar-refractivity contribution in [2.45, 2.75) is 136 Å². The van der Waals surface area contributed by atoms with E-state index >= 15 is 0 Å². The molecule has 3 amide bonds. The van der Waals surface area contributed by atoms with Crippen LogP contribution in [0, 0.1) is 11.8 Å². The standard InChI is InChI=1S/C49H59N7O10/c1-7-33-34-21-32(57)13-14-38(34)51-43-35(33)27-54-39(43)22-37-36(45(54)62)28-65-46(63)49(37,8-2)23-42(60)64-19-18-48(5,6)66-20-17-47(3,4)56-26-31(52-53-56)24-50-44(61)30-11-9-29(10-12-30)25-55-40(58)15-16-41(55)59/h13-16,21-22,26,29-30,57H,7-12,17-20,23-25,27-28H2,1-6H3,(H,50,61). The number of fused-ring (bicyclic) bond motifs is 5. The Hall–Kier alpha value is -6.23. The number of aromatic hydroxyl groups is 1. The molecule has 0 bridgehead atoms. The van der Waals surface area contributed by atoms with Crippen molar-refractivity contribution >= 4 is 40.6 Å². The van der Waals surface area contributed by atoms with Crippen LogP contribution in [0.4, 0.5) is 0 Å². The Labute approximate surface area is 382 Å². The minimum Gasteiger partial charge on any atom is -0.508 e. The lowest BCUT2D eigenvalue weighted by molar-refractivity contribution is -0.161. The summed E-state index contributed by atoms with van der Waals surface area (Å²) in [6.45, 7) is 12.8. The number of carbonyl (C=O) groups excluding carboxylic acids is 5. The number of ether oxygens (including phenoxy) is 3. The molecular formula is C49H59N7O10. The van der Waals surface area contributed by atoms with Gasteiger partial charge in [0, 0.05) is 48.6 Å². The van der Waals surface area contributed by atoms with Crippen LogP contribution in [0.25, 0.3) is 22.3 Å². The van der Waals surface area contributed by atoms with Gasteiger partial charge in [-0.25, -0.2) is 9.67 Å². The van der Waals surface area contributed by atoms with Crippen LogP contribution in [-0.2, 0) is 75.3 Å². The molecule has 0 spiro atoms. The zero-order valence-corrected chi connectivity index (χ0v) is 38.6. The summed E-state index contributed by atoms with van der Waals surface area (Å²) in [6.07, 6.45) is 8.86. The lowest BCUT2D eigenvalue weighted by atomic mass is 9.72. The summed E-state index contributed by atoms with van der Waals surface area (Å²) < 4.78 is 21.1. The van der Waals surface area contributed by atoms with Gasteiger partial charge in [-0.1, -0.05) is 19.1 Å². The average molecular weight is 906 g/mol. The third-order valence-corrected chi connectivity index (χ3v) is 14.1. The first-order valence-electron chi connectivity index (χ1n) is 23.1. The molecule has 17 heteroatoms. The van der Waals surface area contributed by atoms with Crippen molar-refractivity contribution in [3.8, 4) is 17.1 Å². The largest absolute Gasteiger partial charge is 0.508 e. The number of amides is 3. The number of aromatic nitrogens is 5. The molecule has 0 saturated heterocycles. The maximum absolute atomic E-state index is 14.1. The summed E-state index contributed by atoms with van der Waals surface area (Å²) in [7, 11) is 0. The summed E-state index contributed by atoms with van der Waals surface area (Å²) in [5.41, 5.74) is 2.37. The molecule has 3 aliphatic heterocycles. The maximum atomic E-state index is 14.1. The molecule has 6 heterocycles. The van der Waals surface area contributed by atoms with Crippen molar-refractivity contribution in [1.82, 2.24) is 34.8 Å². The highest BCUT2D eigenvalue weighted by Gasteiger charge is 2.49. The summed E-state index contributed by atoms with van der Waals surface area (Å²) in [6, 6.07) is 6.86. The number of hydrogen-bond acceptors (Lipinski definition) is 13. The highest BCUT2D eigenvalue weighted by atomic mass is 16.5. The Balaban J connectivity index is 0.820. The van der Waals surface area contributed by atoms with Gasteiger partial charge in [0.15, 0.2) is 0 Å². The fraction of sp³-hybridized carbons (Fsp3) is 0.531. The highest BCUT2D eigenvalue weighted by molar-refractivity contribution is 6.12. The first kappa shape index (κ1) is 46.3. The summed E-state index contributed by atoms with van der Waals surface area (Å²) in [4.78, 5) is 84.5. The topological polar surface area (TPSA) is 214 Å². The van der Waals surface area contributed by atoms with E-state index in [2.05, 4.69) is 15.6 Å². The molecule has 2 N–H and O–H groups in total. The quantitative estimate of drug-likeness (QED) is 0.0899. The molecule has 1 unspecified atom stereocenters. The number of nitrogens with zero attached hydrogens (tertiary/aromatic N) is 6. The molecule has 4 aromatic rings. The zero-order valence-electron chi connectivity index (χ0n) is 38.6. The van der Waals surface area contributed by atoms with E-state index in [1.807, 2.05) is 46.9 Å². The molecule has 1 fully saturated rings. The number of esters is 2. The second kappa shape index (κ2) is 18.2. The first-order chi connectivity index (χ1) is 31.4. The van der Waals surface area contributed by atoms with Crippen LogP contribution in [0.2, 0.25) is 0 Å². The van der Waals surface area contributed by atoms with Gasteiger partial charge in [-0.15, -0.1) is 5.10 Å². The second-order valence-electron chi connectivity index (χ2n) is 19.3. The predicted octanol–water partition coefficient (Wildman–Crippen LogP) is 5.28. The van der Waals surface area contributed by atoms with Crippen molar-refractivity contribution in [3.05, 3.63) is 80.9 Å². The van der Waals surface area contributed by atoms with Crippen LogP contribution < -0.4 is 10.9 Å². The van der Waals surface area contributed by atoms with Crippen LogP contribution >= 0.6 is 0 Å². The Bertz CT molecular complexity index is 2670. The Morgan fingerprint density at radius 3 is 2.42 bits per heavy atom. The molecule has 0 radical (unpaired) electrons. The number of benzene rings is 1. The number of imide groups is 1. The molecular weight excluding hydrogens is 847 g/mol. The van der Waals surface area contributed by atoms with Crippen LogP contribution in [-0.4, -0.2) is 89.6 Å². The number of aryl methyl sites for hydroxylation is 1. The normalized spacial score (nSPS) is 20.3. The van der Waals surface area contributed by atoms with Crippen LogP contribution in [0.1, 0.15) is 121 Å². The third-order valence-electron chi connectivity index (χ3n) is 14.1. The lowest BCUT2D eigenvalue weighted by Crippen LogP contribution is -2.46. The fourth-order valence-electron chi connectivity index (χ4n) is 9.87. The highest BCUT2D eigenvalue weighted by Crippen LogP contribution is 2.43. The third kappa shape index (κ3) is 9.01. The van der Waals surface area contributed by atoms with Gasteiger partial charge >= 0.3 is 11.9 Å². The van der Waals surface area contributed by atoms with Crippen molar-refractivity contribution in [2.24, 2.45) is 11.8 Å². The van der Waals surface area contributed by atoms with Gasteiger partial charge in [-0.2, -0.15) is 0 Å². The van der Waals surface area contributed by atoms with Crippen LogP contribution in [0.15, 0.2) is 47.4 Å². The first-order valence-corrected chi connectivity index (χ1v) is 23.1. The monoisotopic (exact) mass is 905 g/mol. The molecule has 66 heavy (non-hydrogen) atoms. The van der Waals surface area contributed by atoms with Gasteiger partial charge in [0.05, 0.1) is 65.9 Å². The summed E-state index contributed by atoms with van der Waals surface area (Å²) in [5.74, 6) is -1.58. The Kier molecular flexibility index (Phi) is 12.8. The number of rotatable bonds is 17. The smallest absolute Gasteiger partial charge is 0.317 e. The minimum atomic E-state index is -1.43. The van der Waals surface area contributed by atoms with E-state index in [-0.39, 0.29) is 73.5 Å². The van der Waals surface area contributed by atoms with E-state index in [1.54, 1.807) is 34.4 Å². The number of hydrogen-bond donors (Lipinski definition) is 2. The maximum Gasteiger partial charge on any atom is 0.317 e. The Morgan fingerprint density at radius 2 is 1.71 bits per heavy atom. The SMILES string of the molecule is CCc1c2c(nc3ccc(O)cc13)-c1cc3c(c(=O)n1C2)COC(=O)C3(CC)CC(=O)OCCC(C)(C)OCCC(C)(C)n1cc(CNC(=O)C2CCC(CN3C(=O)C=CC3=O)CC2)nn1. The van der Waals surface area contributed by atoms with Crippen molar-refractivity contribution in [2.75, 3.05) is 19.8 Å². The van der Waals surface area contributed by atoms with Gasteiger partial charge in [0.1, 0.15) is 23.5 Å². The second-order valence-corrected chi connectivity index (χ2v) is 19.3. The fourth-order valence-corrected chi connectivity index (χ4v) is 9.87. The molecule has 17 nitrogen and oxygen atoms in total. The van der Waals surface area contributed by atoms with Crippen molar-refractivity contribution in [1.29, 1.82) is 0 Å². The zero-order chi connectivity index (χ0) is 47.1. The minimum absolute atomic E-state index is 0.0431. The van der Waals surface area contributed by atoms with E-state index in [0.29, 0.717) is 85.5 Å². The lowest BCUT2D eigenvalue weighted by Gasteiger charge is -2.35. The molecule has 1 aliphatic carbocycles. The van der Waals surface area contributed by atoms with E-state index in [0.717, 1.165) is 29.4 Å². The number of phenolic OH excluding ortho intramolecular Hbond substituents is 1. The number of nitrogens with one attached hydrogen (secondary N) is 1. The van der Waals surface area contributed by atoms with Crippen LogP contribution in [0.5, 0.6) is 5.75 Å². The van der Waals surface area contributed by atoms with E-state index in [1.165, 1.54) is 17.1 Å². The van der Waals surface area contributed by atoms with E-state index in [4.69, 9.17) is 19.2 Å². The Morgan fingerprint density at radius 1 is 0.970 bits per heavy atom. The number of carbonyl (C=O) groups is 5. The predicted molar refractivity (Wildman–Crippen MR) is 241 cm³/mol. The van der Waals surface area contributed by atoms with Gasteiger partial charge in [0.25, 0.3) is 17.4 Å². The number of pyridine rings is 2. The molecule has 1 aromatic carbocycles. The van der Waals surface area contributed by atoms with Crippen molar-refractivity contribution in [3.63, 3.8) is 0 Å². The number of cyclic esters (lactones) is 1. The van der Waals surface area contributed by atoms with Gasteiger partial charge in [-0.3, -0.25) is 33.7 Å². The molecule has 350 valence electrons. The summed E-state index contributed by atoms with van der Waals surface area (Å²) in [5, 5.41) is 22.7. The van der Waals surface area contributed by atoms with E-state index in [9.17, 15) is 33.9 Å². The molecule has 4 aliphatic rings. The van der Waals surface area contributed by atoms with Crippen LogP contribution in [0.3, 0.4) is 0 Å². The van der Waals surface area contributed by atoms with Gasteiger partial charge in [-0.05, 0) is 114 Å².